The Morgan fingerprint density at radius 2 is 1.63 bits per heavy atom. The first kappa shape index (κ1) is 24.9. The molecule has 35 heavy (non-hydrogen) atoms. The van der Waals surface area contributed by atoms with E-state index in [1.54, 1.807) is 24.3 Å². The van der Waals surface area contributed by atoms with Crippen LogP contribution >= 0.6 is 0 Å². The van der Waals surface area contributed by atoms with Gasteiger partial charge in [0.25, 0.3) is 0 Å². The largest absolute Gasteiger partial charge is 0.530 e. The Hall–Kier alpha value is -4.73. The van der Waals surface area contributed by atoms with Crippen LogP contribution in [0.1, 0.15) is 22.7 Å². The van der Waals surface area contributed by atoms with Gasteiger partial charge < -0.3 is 41.1 Å². The number of amidine groups is 1. The van der Waals surface area contributed by atoms with Crippen molar-refractivity contribution in [3.05, 3.63) is 83.4 Å². The lowest BCUT2D eigenvalue weighted by atomic mass is 10.0. The van der Waals surface area contributed by atoms with Gasteiger partial charge in [0.15, 0.2) is 11.5 Å². The number of hydrogen-bond acceptors (Lipinski definition) is 7. The molecule has 3 rings (SSSR count). The molecule has 10 nitrogen and oxygen atoms in total. The number of carbonyl (C=O) groups excluding carboxylic acids is 2. The third kappa shape index (κ3) is 6.41. The van der Waals surface area contributed by atoms with Gasteiger partial charge in [0.05, 0.1) is 14.2 Å². The van der Waals surface area contributed by atoms with Crippen molar-refractivity contribution in [2.75, 3.05) is 24.9 Å². The number of amides is 2. The number of rotatable bonds is 10. The van der Waals surface area contributed by atoms with Gasteiger partial charge in [-0.15, -0.1) is 0 Å². The molecule has 1 unspecified atom stereocenters. The van der Waals surface area contributed by atoms with Crippen LogP contribution in [-0.4, -0.2) is 32.1 Å². The quantitative estimate of drug-likeness (QED) is 0.221. The molecule has 0 aliphatic heterocycles. The number of carboxylic acid groups (broad SMARTS) is 1. The zero-order chi connectivity index (χ0) is 25.4. The molecule has 6 N–H and O–H groups in total. The molecule has 0 saturated carbocycles. The van der Waals surface area contributed by atoms with Gasteiger partial charge in [0, 0.05) is 35.1 Å². The highest BCUT2D eigenvalue weighted by Gasteiger charge is 2.26. The summed E-state index contributed by atoms with van der Waals surface area (Å²) >= 11 is 0. The molecule has 0 saturated heterocycles. The van der Waals surface area contributed by atoms with E-state index in [1.165, 1.54) is 26.4 Å². The lowest BCUT2D eigenvalue weighted by Gasteiger charge is -2.24. The van der Waals surface area contributed by atoms with Crippen molar-refractivity contribution in [3.63, 3.8) is 0 Å². The van der Waals surface area contributed by atoms with Gasteiger partial charge in [-0.05, 0) is 35.9 Å². The van der Waals surface area contributed by atoms with E-state index in [2.05, 4.69) is 16.0 Å². The Bertz CT molecular complexity index is 1200. The molecule has 2 amide bonds. The van der Waals surface area contributed by atoms with Gasteiger partial charge in [0.1, 0.15) is 18.0 Å². The lowest BCUT2D eigenvalue weighted by molar-refractivity contribution is -0.242. The molecule has 1 atom stereocenters. The smallest absolute Gasteiger partial charge is 0.247 e. The number of carbonyl (C=O) groups is 2. The monoisotopic (exact) mass is 476 g/mol. The van der Waals surface area contributed by atoms with Crippen molar-refractivity contribution < 1.29 is 24.2 Å². The molecule has 10 heteroatoms. The summed E-state index contributed by atoms with van der Waals surface area (Å²) in [4.78, 5) is 24.8. The van der Waals surface area contributed by atoms with Crippen molar-refractivity contribution in [2.45, 2.75) is 12.6 Å². The first-order valence-corrected chi connectivity index (χ1v) is 10.6. The third-order valence-electron chi connectivity index (χ3n) is 5.18. The summed E-state index contributed by atoms with van der Waals surface area (Å²) in [6.45, 7) is 0.262. The lowest BCUT2D eigenvalue weighted by Crippen LogP contribution is -2.35. The number of hydrogen-bond donors (Lipinski definition) is 5. The SMILES string of the molecule is COc1cc(NC(=O)[O-])c(C(Nc2ccc(C(=N)N)cc2)C(=O)NCc2ccccc2)cc1OC. The van der Waals surface area contributed by atoms with Gasteiger partial charge in [-0.2, -0.15) is 0 Å². The Kier molecular flexibility index (Phi) is 8.12. The first-order valence-electron chi connectivity index (χ1n) is 10.6. The van der Waals surface area contributed by atoms with Crippen LogP contribution in [0.25, 0.3) is 0 Å². The van der Waals surface area contributed by atoms with Crippen LogP contribution in [0, 0.1) is 5.41 Å². The standard InChI is InChI=1S/C25H27N5O5/c1-34-20-12-18(19(30-25(32)33)13-21(20)35-2)22(24(31)28-14-15-6-4-3-5-7-15)29-17-10-8-16(9-11-17)23(26)27/h3-13,22,29-30H,14H2,1-2H3,(H3,26,27)(H,28,31)(H,32,33)/p-1. The van der Waals surface area contributed by atoms with Crippen LogP contribution in [0.3, 0.4) is 0 Å². The zero-order valence-corrected chi connectivity index (χ0v) is 19.3. The molecular formula is C25H26N5O5-. The minimum absolute atomic E-state index is 0.0889. The molecule has 3 aromatic rings. The highest BCUT2D eigenvalue weighted by Crippen LogP contribution is 2.37. The maximum atomic E-state index is 13.4. The summed E-state index contributed by atoms with van der Waals surface area (Å²) in [5.41, 5.74) is 7.87. The van der Waals surface area contributed by atoms with E-state index in [9.17, 15) is 14.7 Å². The van der Waals surface area contributed by atoms with Crippen molar-refractivity contribution in [2.24, 2.45) is 5.73 Å². The number of benzene rings is 3. The van der Waals surface area contributed by atoms with E-state index in [-0.39, 0.29) is 29.4 Å². The van der Waals surface area contributed by atoms with Gasteiger partial charge in [-0.3, -0.25) is 10.2 Å². The molecule has 0 spiro atoms. The zero-order valence-electron chi connectivity index (χ0n) is 19.3. The van der Waals surface area contributed by atoms with Crippen molar-refractivity contribution >= 4 is 29.2 Å². The summed E-state index contributed by atoms with van der Waals surface area (Å²) in [5, 5.41) is 27.2. The molecular weight excluding hydrogens is 450 g/mol. The van der Waals surface area contributed by atoms with Crippen LogP contribution in [0.5, 0.6) is 11.5 Å². The summed E-state index contributed by atoms with van der Waals surface area (Å²) in [6.07, 6.45) is -1.55. The second-order valence-electron chi connectivity index (χ2n) is 7.48. The van der Waals surface area contributed by atoms with E-state index in [4.69, 9.17) is 20.6 Å². The van der Waals surface area contributed by atoms with Gasteiger partial charge in [-0.25, -0.2) is 0 Å². The Morgan fingerprint density at radius 3 is 2.20 bits per heavy atom. The Balaban J connectivity index is 2.02. The van der Waals surface area contributed by atoms with Gasteiger partial charge in [0.2, 0.25) is 5.91 Å². The molecule has 0 aliphatic carbocycles. The fourth-order valence-electron chi connectivity index (χ4n) is 3.44. The van der Waals surface area contributed by atoms with E-state index in [1.807, 2.05) is 30.3 Å². The maximum Gasteiger partial charge on any atom is 0.247 e. The number of anilines is 2. The predicted molar refractivity (Wildman–Crippen MR) is 131 cm³/mol. The van der Waals surface area contributed by atoms with E-state index < -0.39 is 18.0 Å². The maximum absolute atomic E-state index is 13.4. The van der Waals surface area contributed by atoms with Crippen LogP contribution in [0.2, 0.25) is 0 Å². The Labute approximate surface area is 202 Å². The van der Waals surface area contributed by atoms with Crippen LogP contribution < -0.4 is 36.3 Å². The van der Waals surface area contributed by atoms with E-state index in [0.29, 0.717) is 17.0 Å². The number of nitrogens with one attached hydrogen (secondary N) is 4. The van der Waals surface area contributed by atoms with Gasteiger partial charge >= 0.3 is 0 Å². The highest BCUT2D eigenvalue weighted by molar-refractivity contribution is 5.95. The normalized spacial score (nSPS) is 11.1. The van der Waals surface area contributed by atoms with Crippen molar-refractivity contribution in [1.82, 2.24) is 5.32 Å². The van der Waals surface area contributed by atoms with Crippen LogP contribution in [-0.2, 0) is 11.3 Å². The molecule has 0 fully saturated rings. The molecule has 3 aromatic carbocycles. The second kappa shape index (κ2) is 11.4. The first-order chi connectivity index (χ1) is 16.8. The van der Waals surface area contributed by atoms with Crippen molar-refractivity contribution in [1.29, 1.82) is 5.41 Å². The minimum atomic E-state index is -1.55. The third-order valence-corrected chi connectivity index (χ3v) is 5.18. The molecule has 0 aromatic heterocycles. The average Bonchev–Trinajstić information content (AvgIpc) is 2.86. The van der Waals surface area contributed by atoms with E-state index >= 15 is 0 Å². The summed E-state index contributed by atoms with van der Waals surface area (Å²) in [7, 11) is 2.85. The van der Waals surface area contributed by atoms with E-state index in [0.717, 1.165) is 5.56 Å². The molecule has 0 radical (unpaired) electrons. The second-order valence-corrected chi connectivity index (χ2v) is 7.48. The Morgan fingerprint density at radius 1 is 1.00 bits per heavy atom. The van der Waals surface area contributed by atoms with Crippen LogP contribution in [0.4, 0.5) is 16.2 Å². The fraction of sp³-hybridized carbons (Fsp3) is 0.160. The fourth-order valence-corrected chi connectivity index (χ4v) is 3.44. The summed E-state index contributed by atoms with van der Waals surface area (Å²) in [6, 6.07) is 17.9. The van der Waals surface area contributed by atoms with Crippen LogP contribution in [0.15, 0.2) is 66.7 Å². The van der Waals surface area contributed by atoms with Gasteiger partial charge in [-0.1, -0.05) is 30.3 Å². The molecule has 182 valence electrons. The summed E-state index contributed by atoms with van der Waals surface area (Å²) < 4.78 is 10.7. The number of nitrogens with two attached hydrogens (primary N) is 1. The number of ether oxygens (including phenoxy) is 2. The number of nitrogen functional groups attached to an aromatic ring is 1. The molecule has 0 heterocycles. The highest BCUT2D eigenvalue weighted by atomic mass is 16.5. The topological polar surface area (TPSA) is 162 Å². The number of methoxy groups -OCH3 is 2. The predicted octanol–water partition coefficient (Wildman–Crippen LogP) is 2.21. The average molecular weight is 477 g/mol. The minimum Gasteiger partial charge on any atom is -0.530 e. The molecule has 0 bridgehead atoms. The molecule has 0 aliphatic rings. The summed E-state index contributed by atoms with van der Waals surface area (Å²) in [5.74, 6) is 0.0717. The van der Waals surface area contributed by atoms with Crippen molar-refractivity contribution in [3.8, 4) is 11.5 Å².